The summed E-state index contributed by atoms with van der Waals surface area (Å²) >= 11 is 0. The van der Waals surface area contributed by atoms with Crippen LogP contribution in [0.25, 0.3) is 16.6 Å². The van der Waals surface area contributed by atoms with Crippen molar-refractivity contribution < 1.29 is 18.3 Å². The summed E-state index contributed by atoms with van der Waals surface area (Å²) in [5, 5.41) is 0.927. The number of nitrogens with zero attached hydrogens (tertiary/aromatic N) is 3. The summed E-state index contributed by atoms with van der Waals surface area (Å²) in [5.41, 5.74) is 2.94. The predicted molar refractivity (Wildman–Crippen MR) is 120 cm³/mol. The van der Waals surface area contributed by atoms with Crippen molar-refractivity contribution in [1.82, 2.24) is 14.4 Å². The highest BCUT2D eigenvalue weighted by atomic mass is 19.1. The zero-order chi connectivity index (χ0) is 22.9. The minimum absolute atomic E-state index is 0.103. The molecule has 0 saturated heterocycles. The lowest BCUT2D eigenvalue weighted by molar-refractivity contribution is 0.0987. The van der Waals surface area contributed by atoms with Gasteiger partial charge < -0.3 is 4.74 Å². The maximum atomic E-state index is 14.0. The summed E-state index contributed by atoms with van der Waals surface area (Å²) in [6.45, 7) is 1.46. The minimum Gasteiger partial charge on any atom is -0.485 e. The van der Waals surface area contributed by atoms with E-state index < -0.39 is 11.6 Å². The lowest BCUT2D eigenvalue weighted by Crippen LogP contribution is -2.09. The largest absolute Gasteiger partial charge is 0.485 e. The van der Waals surface area contributed by atoms with Crippen molar-refractivity contribution in [2.75, 3.05) is 0 Å². The number of hydrogen-bond donors (Lipinski definition) is 0. The van der Waals surface area contributed by atoms with Crippen LogP contribution in [-0.2, 0) is 13.0 Å². The van der Waals surface area contributed by atoms with Crippen molar-refractivity contribution >= 4 is 22.3 Å². The molecule has 0 aliphatic rings. The first-order chi connectivity index (χ1) is 16.0. The van der Waals surface area contributed by atoms with Crippen molar-refractivity contribution in [2.45, 2.75) is 20.0 Å². The van der Waals surface area contributed by atoms with Gasteiger partial charge in [-0.05, 0) is 48.9 Å². The molecule has 2 aromatic carbocycles. The molecule has 5 aromatic rings. The van der Waals surface area contributed by atoms with E-state index in [2.05, 4.69) is 9.97 Å². The van der Waals surface area contributed by atoms with E-state index in [4.69, 9.17) is 4.74 Å². The fourth-order valence-corrected chi connectivity index (χ4v) is 4.00. The molecule has 5 rings (SSSR count). The standard InChI is InChI=1S/C26H19F2N3O2/c1-16-25(23(32)14-17-6-2-10-22-18(17)7-4-12-29-22)31-13-5-11-24(26(31)30-16)33-15-19-20(27)8-3-9-21(19)28/h2-13H,14-15H2,1H3. The summed E-state index contributed by atoms with van der Waals surface area (Å²) in [6, 6.07) is 16.5. The molecule has 0 radical (unpaired) electrons. The zero-order valence-electron chi connectivity index (χ0n) is 17.8. The Kier molecular flexibility index (Phi) is 5.30. The van der Waals surface area contributed by atoms with Gasteiger partial charge in [0.05, 0.1) is 16.8 Å². The Morgan fingerprint density at radius 3 is 2.61 bits per heavy atom. The Bertz CT molecular complexity index is 1490. The van der Waals surface area contributed by atoms with E-state index in [0.717, 1.165) is 16.5 Å². The quantitative estimate of drug-likeness (QED) is 0.327. The highest BCUT2D eigenvalue weighted by Crippen LogP contribution is 2.26. The van der Waals surface area contributed by atoms with Crippen LogP contribution in [-0.4, -0.2) is 20.2 Å². The van der Waals surface area contributed by atoms with Crippen LogP contribution < -0.4 is 4.74 Å². The third-order valence-corrected chi connectivity index (χ3v) is 5.57. The Morgan fingerprint density at radius 1 is 1.00 bits per heavy atom. The van der Waals surface area contributed by atoms with Gasteiger partial charge in [-0.3, -0.25) is 14.2 Å². The normalized spacial score (nSPS) is 11.2. The molecule has 0 N–H and O–H groups in total. The molecule has 0 bridgehead atoms. The molecule has 0 saturated carbocycles. The van der Waals surface area contributed by atoms with E-state index in [1.807, 2.05) is 30.3 Å². The van der Waals surface area contributed by atoms with Gasteiger partial charge in [-0.25, -0.2) is 13.8 Å². The van der Waals surface area contributed by atoms with Crippen molar-refractivity contribution in [2.24, 2.45) is 0 Å². The molecule has 7 heteroatoms. The molecule has 33 heavy (non-hydrogen) atoms. The number of aromatic nitrogens is 3. The van der Waals surface area contributed by atoms with Crippen LogP contribution in [0.2, 0.25) is 0 Å². The van der Waals surface area contributed by atoms with Gasteiger partial charge in [-0.2, -0.15) is 0 Å². The van der Waals surface area contributed by atoms with E-state index in [-0.39, 0.29) is 24.4 Å². The number of Topliss-reactive ketones (excluding diaryl/α,β-unsaturated/α-hetero) is 1. The molecule has 0 atom stereocenters. The Morgan fingerprint density at radius 2 is 1.79 bits per heavy atom. The van der Waals surface area contributed by atoms with Crippen LogP contribution in [0.5, 0.6) is 5.75 Å². The summed E-state index contributed by atoms with van der Waals surface area (Å²) < 4.78 is 35.3. The van der Waals surface area contributed by atoms with Gasteiger partial charge in [0.2, 0.25) is 0 Å². The molecule has 5 nitrogen and oxygen atoms in total. The number of hydrogen-bond acceptors (Lipinski definition) is 4. The second-order valence-electron chi connectivity index (χ2n) is 7.69. The average Bonchev–Trinajstić information content (AvgIpc) is 3.15. The third kappa shape index (κ3) is 3.82. The topological polar surface area (TPSA) is 56.5 Å². The number of carbonyl (C=O) groups excluding carboxylic acids is 1. The van der Waals surface area contributed by atoms with Crippen LogP contribution in [0.3, 0.4) is 0 Å². The number of halogens is 2. The van der Waals surface area contributed by atoms with E-state index in [9.17, 15) is 13.6 Å². The lowest BCUT2D eigenvalue weighted by Gasteiger charge is -2.10. The Balaban J connectivity index is 1.47. The molecule has 0 aliphatic heterocycles. The molecular formula is C26H19F2N3O2. The fourth-order valence-electron chi connectivity index (χ4n) is 4.00. The van der Waals surface area contributed by atoms with E-state index in [1.165, 1.54) is 18.2 Å². The first-order valence-electron chi connectivity index (χ1n) is 10.4. The van der Waals surface area contributed by atoms with Gasteiger partial charge in [-0.1, -0.05) is 24.3 Å². The number of ether oxygens (including phenoxy) is 1. The first-order valence-corrected chi connectivity index (χ1v) is 10.4. The first kappa shape index (κ1) is 20.8. The lowest BCUT2D eigenvalue weighted by atomic mass is 10.0. The van der Waals surface area contributed by atoms with Gasteiger partial charge in [0.25, 0.3) is 0 Å². The number of benzene rings is 2. The minimum atomic E-state index is -0.679. The monoisotopic (exact) mass is 443 g/mol. The molecule has 0 spiro atoms. The van der Waals surface area contributed by atoms with Crippen LogP contribution in [0.4, 0.5) is 8.78 Å². The van der Waals surface area contributed by atoms with Crippen LogP contribution >= 0.6 is 0 Å². The fraction of sp³-hybridized carbons (Fsp3) is 0.115. The van der Waals surface area contributed by atoms with Crippen molar-refractivity contribution in [3.05, 3.63) is 107 Å². The van der Waals surface area contributed by atoms with Crippen LogP contribution in [0, 0.1) is 18.6 Å². The molecule has 164 valence electrons. The molecule has 0 aliphatic carbocycles. The average molecular weight is 443 g/mol. The number of pyridine rings is 2. The van der Waals surface area contributed by atoms with Gasteiger partial charge >= 0.3 is 0 Å². The maximum absolute atomic E-state index is 14.0. The molecular weight excluding hydrogens is 424 g/mol. The highest BCUT2D eigenvalue weighted by molar-refractivity contribution is 6.00. The van der Waals surface area contributed by atoms with E-state index in [1.54, 1.807) is 35.9 Å². The highest BCUT2D eigenvalue weighted by Gasteiger charge is 2.20. The molecule has 0 unspecified atom stereocenters. The number of aryl methyl sites for hydroxylation is 1. The van der Waals surface area contributed by atoms with Crippen LogP contribution in [0.15, 0.2) is 73.1 Å². The number of fused-ring (bicyclic) bond motifs is 2. The smallest absolute Gasteiger partial charge is 0.185 e. The SMILES string of the molecule is Cc1nc2c(OCc3c(F)cccc3F)cccn2c1C(=O)Cc1cccc2ncccc12. The summed E-state index contributed by atoms with van der Waals surface area (Å²) in [6.07, 6.45) is 3.63. The van der Waals surface area contributed by atoms with E-state index >= 15 is 0 Å². The second kappa shape index (κ2) is 8.43. The number of carbonyl (C=O) groups is 1. The van der Waals surface area contributed by atoms with Crippen LogP contribution in [0.1, 0.15) is 27.3 Å². The maximum Gasteiger partial charge on any atom is 0.185 e. The Labute approximate surface area is 188 Å². The molecule has 0 amide bonds. The summed E-state index contributed by atoms with van der Waals surface area (Å²) in [5.74, 6) is -1.13. The predicted octanol–water partition coefficient (Wildman–Crippen LogP) is 5.47. The molecule has 3 aromatic heterocycles. The zero-order valence-corrected chi connectivity index (χ0v) is 17.8. The van der Waals surface area contributed by atoms with Crippen molar-refractivity contribution in [1.29, 1.82) is 0 Å². The number of rotatable bonds is 6. The number of ketones is 1. The Hall–Kier alpha value is -4.13. The molecule has 3 heterocycles. The van der Waals surface area contributed by atoms with Gasteiger partial charge in [-0.15, -0.1) is 0 Å². The van der Waals surface area contributed by atoms with Crippen molar-refractivity contribution in [3.8, 4) is 5.75 Å². The van der Waals surface area contributed by atoms with Gasteiger partial charge in [0.1, 0.15) is 23.9 Å². The van der Waals surface area contributed by atoms with Gasteiger partial charge in [0, 0.05) is 24.2 Å². The van der Waals surface area contributed by atoms with Gasteiger partial charge in [0.15, 0.2) is 17.2 Å². The third-order valence-electron chi connectivity index (χ3n) is 5.57. The number of imidazole rings is 1. The van der Waals surface area contributed by atoms with E-state index in [0.29, 0.717) is 22.8 Å². The second-order valence-corrected chi connectivity index (χ2v) is 7.69. The summed E-state index contributed by atoms with van der Waals surface area (Å²) in [7, 11) is 0. The summed E-state index contributed by atoms with van der Waals surface area (Å²) in [4.78, 5) is 22.2. The van der Waals surface area contributed by atoms with Crippen molar-refractivity contribution in [3.63, 3.8) is 0 Å². The molecule has 0 fully saturated rings.